The van der Waals surface area contributed by atoms with Crippen LogP contribution < -0.4 is 0 Å². The van der Waals surface area contributed by atoms with Crippen molar-refractivity contribution in [1.82, 2.24) is 9.80 Å². The zero-order valence-electron chi connectivity index (χ0n) is 16.5. The number of halogens is 2. The van der Waals surface area contributed by atoms with Gasteiger partial charge in [-0.05, 0) is 61.7 Å². The first-order valence-electron chi connectivity index (χ1n) is 10.2. The lowest BCUT2D eigenvalue weighted by atomic mass is 9.87. The third kappa shape index (κ3) is 3.99. The SMILES string of the molecule is C[C@@H](c1ccc(F)cc1)N1CC[C@H](N2CC[C@@H](c3ccc(O)cc3)[C@H](F)C2)C1=O. The van der Waals surface area contributed by atoms with Gasteiger partial charge in [-0.3, -0.25) is 9.69 Å². The van der Waals surface area contributed by atoms with Crippen molar-refractivity contribution in [2.75, 3.05) is 19.6 Å². The number of rotatable bonds is 4. The van der Waals surface area contributed by atoms with Crippen LogP contribution in [-0.2, 0) is 4.79 Å². The minimum absolute atomic E-state index is 0.0251. The number of alkyl halides is 1. The van der Waals surface area contributed by atoms with Crippen molar-refractivity contribution in [2.45, 2.75) is 43.9 Å². The summed E-state index contributed by atoms with van der Waals surface area (Å²) in [4.78, 5) is 16.8. The maximum atomic E-state index is 15.0. The molecule has 0 aromatic heterocycles. The van der Waals surface area contributed by atoms with Crippen molar-refractivity contribution in [3.8, 4) is 5.75 Å². The van der Waals surface area contributed by atoms with Crippen LogP contribution in [0.4, 0.5) is 8.78 Å². The summed E-state index contributed by atoms with van der Waals surface area (Å²) in [6, 6.07) is 12.5. The highest BCUT2D eigenvalue weighted by molar-refractivity contribution is 5.84. The fraction of sp³-hybridized carbons (Fsp3) is 0.435. The fourth-order valence-corrected chi connectivity index (χ4v) is 4.64. The van der Waals surface area contributed by atoms with Crippen LogP contribution in [0.3, 0.4) is 0 Å². The number of amides is 1. The van der Waals surface area contributed by atoms with Gasteiger partial charge in [0, 0.05) is 19.0 Å². The van der Waals surface area contributed by atoms with E-state index in [9.17, 15) is 18.7 Å². The zero-order chi connectivity index (χ0) is 20.5. The Balaban J connectivity index is 1.40. The standard InChI is InChI=1S/C23H26F2N2O2/c1-15(16-2-6-18(24)7-3-16)27-13-11-22(23(27)29)26-12-10-20(21(25)14-26)17-4-8-19(28)9-5-17/h2-9,15,20-22,28H,10-14H2,1H3/t15-,20-,21+,22-/m0/s1. The second-order valence-electron chi connectivity index (χ2n) is 8.06. The Kier molecular flexibility index (Phi) is 5.54. The highest BCUT2D eigenvalue weighted by atomic mass is 19.1. The molecular weight excluding hydrogens is 374 g/mol. The Morgan fingerprint density at radius 1 is 1.03 bits per heavy atom. The molecule has 0 saturated carbocycles. The van der Waals surface area contributed by atoms with E-state index in [1.165, 1.54) is 12.1 Å². The van der Waals surface area contributed by atoms with Crippen LogP contribution >= 0.6 is 0 Å². The molecule has 29 heavy (non-hydrogen) atoms. The normalized spacial score (nSPS) is 26.7. The molecule has 0 radical (unpaired) electrons. The molecule has 2 heterocycles. The lowest BCUT2D eigenvalue weighted by molar-refractivity contribution is -0.134. The van der Waals surface area contributed by atoms with E-state index in [1.54, 1.807) is 36.4 Å². The van der Waals surface area contributed by atoms with Gasteiger partial charge in [0.25, 0.3) is 0 Å². The molecule has 1 N–H and O–H groups in total. The minimum Gasteiger partial charge on any atom is -0.508 e. The molecule has 2 saturated heterocycles. The van der Waals surface area contributed by atoms with Crippen LogP contribution in [0, 0.1) is 5.82 Å². The van der Waals surface area contributed by atoms with Gasteiger partial charge in [-0.25, -0.2) is 8.78 Å². The van der Waals surface area contributed by atoms with Crippen molar-refractivity contribution < 1.29 is 18.7 Å². The number of hydrogen-bond donors (Lipinski definition) is 1. The number of phenols is 1. The third-order valence-corrected chi connectivity index (χ3v) is 6.37. The van der Waals surface area contributed by atoms with E-state index in [0.717, 1.165) is 11.1 Å². The number of aromatic hydroxyl groups is 1. The number of hydrogen-bond acceptors (Lipinski definition) is 3. The summed E-state index contributed by atoms with van der Waals surface area (Å²) >= 11 is 0. The largest absolute Gasteiger partial charge is 0.508 e. The maximum Gasteiger partial charge on any atom is 0.240 e. The highest BCUT2D eigenvalue weighted by Gasteiger charge is 2.42. The number of piperidine rings is 1. The van der Waals surface area contributed by atoms with E-state index in [0.29, 0.717) is 25.9 Å². The first kappa shape index (κ1) is 19.8. The number of nitrogens with zero attached hydrogens (tertiary/aromatic N) is 2. The topological polar surface area (TPSA) is 43.8 Å². The molecule has 4 nitrogen and oxygen atoms in total. The van der Waals surface area contributed by atoms with Crippen molar-refractivity contribution in [1.29, 1.82) is 0 Å². The van der Waals surface area contributed by atoms with Gasteiger partial charge in [0.2, 0.25) is 5.91 Å². The zero-order valence-corrected chi connectivity index (χ0v) is 16.5. The molecule has 4 atom stereocenters. The van der Waals surface area contributed by atoms with E-state index in [4.69, 9.17) is 0 Å². The van der Waals surface area contributed by atoms with Gasteiger partial charge in [-0.1, -0.05) is 24.3 Å². The van der Waals surface area contributed by atoms with Crippen molar-refractivity contribution >= 4 is 5.91 Å². The number of carbonyl (C=O) groups is 1. The monoisotopic (exact) mass is 400 g/mol. The molecule has 2 aliphatic heterocycles. The van der Waals surface area contributed by atoms with Gasteiger partial charge in [-0.2, -0.15) is 0 Å². The van der Waals surface area contributed by atoms with Crippen molar-refractivity contribution in [2.24, 2.45) is 0 Å². The molecule has 2 aromatic rings. The molecule has 1 amide bonds. The molecule has 2 aromatic carbocycles. The first-order chi connectivity index (χ1) is 13.9. The molecule has 0 bridgehead atoms. The van der Waals surface area contributed by atoms with Crippen molar-refractivity contribution in [3.63, 3.8) is 0 Å². The van der Waals surface area contributed by atoms with Crippen LogP contribution in [0.5, 0.6) is 5.75 Å². The summed E-state index contributed by atoms with van der Waals surface area (Å²) in [5.74, 6) is -0.305. The van der Waals surface area contributed by atoms with Crippen molar-refractivity contribution in [3.05, 3.63) is 65.5 Å². The quantitative estimate of drug-likeness (QED) is 0.843. The van der Waals surface area contributed by atoms with Crippen LogP contribution in [0.25, 0.3) is 0 Å². The maximum absolute atomic E-state index is 15.0. The Morgan fingerprint density at radius 3 is 2.38 bits per heavy atom. The predicted molar refractivity (Wildman–Crippen MR) is 107 cm³/mol. The predicted octanol–water partition coefficient (Wildman–Crippen LogP) is 4.02. The van der Waals surface area contributed by atoms with E-state index in [1.807, 2.05) is 16.7 Å². The van der Waals surface area contributed by atoms with Crippen LogP contribution in [0.1, 0.15) is 42.9 Å². The summed E-state index contributed by atoms with van der Waals surface area (Å²) in [6.45, 7) is 3.47. The third-order valence-electron chi connectivity index (χ3n) is 6.37. The average Bonchev–Trinajstić information content (AvgIpc) is 3.10. The number of likely N-dealkylation sites (tertiary alicyclic amines) is 2. The van der Waals surface area contributed by atoms with Gasteiger partial charge in [0.1, 0.15) is 17.7 Å². The second-order valence-corrected chi connectivity index (χ2v) is 8.06. The molecule has 0 spiro atoms. The molecule has 2 fully saturated rings. The summed E-state index contributed by atoms with van der Waals surface area (Å²) in [5.41, 5.74) is 1.79. The summed E-state index contributed by atoms with van der Waals surface area (Å²) in [5, 5.41) is 9.44. The van der Waals surface area contributed by atoms with Gasteiger partial charge in [-0.15, -0.1) is 0 Å². The van der Waals surface area contributed by atoms with Gasteiger partial charge in [0.15, 0.2) is 0 Å². The molecular formula is C23H26F2N2O2. The number of benzene rings is 2. The summed E-state index contributed by atoms with van der Waals surface area (Å²) in [7, 11) is 0. The highest BCUT2D eigenvalue weighted by Crippen LogP contribution is 2.35. The lowest BCUT2D eigenvalue weighted by Gasteiger charge is -2.38. The average molecular weight is 400 g/mol. The Morgan fingerprint density at radius 2 is 1.72 bits per heavy atom. The van der Waals surface area contributed by atoms with Crippen LogP contribution in [0.15, 0.2) is 48.5 Å². The lowest BCUT2D eigenvalue weighted by Crippen LogP contribution is -2.49. The Labute approximate surface area is 169 Å². The smallest absolute Gasteiger partial charge is 0.240 e. The Hall–Kier alpha value is -2.47. The van der Waals surface area contributed by atoms with E-state index < -0.39 is 6.17 Å². The molecule has 0 aliphatic carbocycles. The minimum atomic E-state index is -1.05. The summed E-state index contributed by atoms with van der Waals surface area (Å²) in [6.07, 6.45) is 0.272. The Bertz CT molecular complexity index is 856. The van der Waals surface area contributed by atoms with E-state index in [2.05, 4.69) is 0 Å². The van der Waals surface area contributed by atoms with Gasteiger partial charge >= 0.3 is 0 Å². The number of carbonyl (C=O) groups excluding carboxylic acids is 1. The van der Waals surface area contributed by atoms with Crippen LogP contribution in [0.2, 0.25) is 0 Å². The van der Waals surface area contributed by atoms with Crippen LogP contribution in [-0.4, -0.2) is 52.7 Å². The van der Waals surface area contributed by atoms with E-state index in [-0.39, 0.29) is 42.0 Å². The molecule has 154 valence electrons. The molecule has 0 unspecified atom stereocenters. The van der Waals surface area contributed by atoms with E-state index >= 15 is 0 Å². The first-order valence-corrected chi connectivity index (χ1v) is 10.2. The van der Waals surface area contributed by atoms with Gasteiger partial charge < -0.3 is 10.0 Å². The number of phenolic OH excluding ortho intramolecular Hbond substituents is 1. The molecule has 4 rings (SSSR count). The second kappa shape index (κ2) is 8.11. The van der Waals surface area contributed by atoms with Gasteiger partial charge in [0.05, 0.1) is 12.1 Å². The molecule has 2 aliphatic rings. The summed E-state index contributed by atoms with van der Waals surface area (Å²) < 4.78 is 28.1. The molecule has 6 heteroatoms. The fourth-order valence-electron chi connectivity index (χ4n) is 4.64.